The molecule has 226 valence electrons. The quantitative estimate of drug-likeness (QED) is 0.279. The number of para-hydroxylation sites is 2. The smallest absolute Gasteiger partial charge is 0.167 e. The lowest BCUT2D eigenvalue weighted by molar-refractivity contribution is 0.668. The number of rotatable bonds is 4. The van der Waals surface area contributed by atoms with Gasteiger partial charge in [-0.1, -0.05) is 89.8 Å². The Hall–Kier alpha value is -5.75. The lowest BCUT2D eigenvalue weighted by Crippen LogP contribution is -2.55. The predicted molar refractivity (Wildman–Crippen MR) is 217 cm³/mol. The lowest BCUT2D eigenvalue weighted by atomic mass is 9.59. The van der Waals surface area contributed by atoms with Crippen LogP contribution >= 0.6 is 0 Å². The van der Waals surface area contributed by atoms with Crippen LogP contribution < -0.4 is 27.3 Å². The van der Waals surface area contributed by atoms with Crippen LogP contribution in [0.5, 0.6) is 0 Å². The Morgan fingerprint density at radius 1 is 0.408 bits per heavy atom. The number of aromatic nitrogens is 3. The average Bonchev–Trinajstić information content (AvgIpc) is 3.72. The van der Waals surface area contributed by atoms with E-state index < -0.39 is 0 Å². The molecule has 0 aliphatic carbocycles. The van der Waals surface area contributed by atoms with Gasteiger partial charge in [0.25, 0.3) is 0 Å². The molecule has 10 heteroatoms. The van der Waals surface area contributed by atoms with Crippen molar-refractivity contribution in [3.8, 4) is 45.3 Å². The average molecular weight is 625 g/mol. The molecular weight excluding hydrogens is 597 g/mol. The summed E-state index contributed by atoms with van der Waals surface area (Å²) in [6.45, 7) is 0. The summed E-state index contributed by atoms with van der Waals surface area (Å²) in [7, 11) is 11.1. The van der Waals surface area contributed by atoms with E-state index in [0.717, 1.165) is 60.6 Å². The molecular formula is C39H28B5N3O2. The van der Waals surface area contributed by atoms with E-state index in [0.29, 0.717) is 17.5 Å². The van der Waals surface area contributed by atoms with E-state index in [1.165, 1.54) is 38.4 Å². The molecule has 0 bridgehead atoms. The maximum atomic E-state index is 6.47. The first-order valence-corrected chi connectivity index (χ1v) is 16.6. The molecule has 49 heavy (non-hydrogen) atoms. The Bertz CT molecular complexity index is 2760. The highest BCUT2D eigenvalue weighted by Crippen LogP contribution is 2.39. The third-order valence-electron chi connectivity index (χ3n) is 10.3. The molecule has 0 saturated heterocycles. The standard InChI is InChI=1S/C39H28B5N3O2/c40-31-29(32(41)34(43)35(44)33(31)42)20-16-17-27-25(18-20)30-23(12-7-15-28(30)48-27)38-45-37(19-8-2-1-3-9-19)46-39(47-38)24-13-6-11-22-21-10-4-5-14-26(21)49-36(22)24/h1-18H,40-44H2. The largest absolute Gasteiger partial charge is 0.456 e. The Labute approximate surface area is 287 Å². The SMILES string of the molecule is Bc1c(B)c(B)c(-c2ccc3oc4cccc(-c5nc(-c6ccccc6)nc(-c6cccc7c6oc6ccccc67)n5)c4c3c2)c(B)c1B. The van der Waals surface area contributed by atoms with Gasteiger partial charge in [0.15, 0.2) is 17.5 Å². The first kappa shape index (κ1) is 29.4. The van der Waals surface area contributed by atoms with Crippen molar-refractivity contribution >= 4 is 110 Å². The van der Waals surface area contributed by atoms with Gasteiger partial charge in [0.05, 0.1) is 5.56 Å². The molecule has 0 aliphatic heterocycles. The lowest BCUT2D eigenvalue weighted by Gasteiger charge is -2.20. The summed E-state index contributed by atoms with van der Waals surface area (Å²) in [5.74, 6) is 1.72. The van der Waals surface area contributed by atoms with E-state index in [1.807, 2.05) is 72.8 Å². The van der Waals surface area contributed by atoms with E-state index in [2.05, 4.69) is 75.6 Å². The molecule has 9 rings (SSSR count). The van der Waals surface area contributed by atoms with E-state index in [9.17, 15) is 0 Å². The molecule has 0 amide bonds. The molecule has 0 fully saturated rings. The number of benzene rings is 6. The zero-order chi connectivity index (χ0) is 33.4. The minimum absolute atomic E-state index is 0.552. The molecule has 3 heterocycles. The Kier molecular flexibility index (Phi) is 6.70. The minimum Gasteiger partial charge on any atom is -0.456 e. The van der Waals surface area contributed by atoms with Gasteiger partial charge in [-0.3, -0.25) is 0 Å². The van der Waals surface area contributed by atoms with Crippen molar-refractivity contribution in [1.29, 1.82) is 0 Å². The molecule has 3 aromatic heterocycles. The summed E-state index contributed by atoms with van der Waals surface area (Å²) in [6, 6.07) is 36.9. The Morgan fingerprint density at radius 2 is 1.00 bits per heavy atom. The molecule has 0 spiro atoms. The van der Waals surface area contributed by atoms with Crippen LogP contribution in [0.1, 0.15) is 0 Å². The first-order valence-electron chi connectivity index (χ1n) is 16.6. The van der Waals surface area contributed by atoms with Crippen molar-refractivity contribution < 1.29 is 8.83 Å². The monoisotopic (exact) mass is 625 g/mol. The third kappa shape index (κ3) is 4.58. The van der Waals surface area contributed by atoms with Crippen LogP contribution in [0.2, 0.25) is 0 Å². The van der Waals surface area contributed by atoms with Crippen molar-refractivity contribution in [1.82, 2.24) is 15.0 Å². The second-order valence-corrected chi connectivity index (χ2v) is 12.9. The van der Waals surface area contributed by atoms with Gasteiger partial charge in [0.1, 0.15) is 61.6 Å². The van der Waals surface area contributed by atoms with Crippen molar-refractivity contribution in [2.24, 2.45) is 0 Å². The first-order chi connectivity index (χ1) is 23.9. The molecule has 0 saturated carbocycles. The molecule has 0 N–H and O–H groups in total. The normalized spacial score (nSPS) is 11.7. The summed E-state index contributed by atoms with van der Waals surface area (Å²) >= 11 is 0. The fraction of sp³-hybridized carbons (Fsp3) is 0. The van der Waals surface area contributed by atoms with Crippen LogP contribution in [-0.2, 0) is 0 Å². The van der Waals surface area contributed by atoms with Gasteiger partial charge in [-0.25, -0.2) is 15.0 Å². The van der Waals surface area contributed by atoms with E-state index in [4.69, 9.17) is 23.8 Å². The fourth-order valence-electron chi connectivity index (χ4n) is 7.36. The van der Waals surface area contributed by atoms with Gasteiger partial charge < -0.3 is 8.83 Å². The summed E-state index contributed by atoms with van der Waals surface area (Å²) < 4.78 is 12.9. The molecule has 5 nitrogen and oxygen atoms in total. The third-order valence-corrected chi connectivity index (χ3v) is 10.3. The van der Waals surface area contributed by atoms with Gasteiger partial charge in [0.2, 0.25) is 0 Å². The number of fused-ring (bicyclic) bond motifs is 6. The van der Waals surface area contributed by atoms with E-state index in [-0.39, 0.29) is 0 Å². The van der Waals surface area contributed by atoms with Crippen molar-refractivity contribution in [3.63, 3.8) is 0 Å². The van der Waals surface area contributed by atoms with Crippen molar-refractivity contribution in [2.45, 2.75) is 0 Å². The van der Waals surface area contributed by atoms with Crippen molar-refractivity contribution in [3.05, 3.63) is 109 Å². The number of hydrogen-bond acceptors (Lipinski definition) is 5. The number of furan rings is 2. The van der Waals surface area contributed by atoms with E-state index >= 15 is 0 Å². The van der Waals surface area contributed by atoms with E-state index in [1.54, 1.807) is 0 Å². The minimum atomic E-state index is 0.552. The predicted octanol–water partition coefficient (Wildman–Crippen LogP) is 1.63. The molecule has 0 radical (unpaired) electrons. The van der Waals surface area contributed by atoms with Gasteiger partial charge in [0, 0.05) is 32.7 Å². The zero-order valence-electron chi connectivity index (χ0n) is 28.1. The zero-order valence-corrected chi connectivity index (χ0v) is 28.1. The number of nitrogens with zero attached hydrogens (tertiary/aromatic N) is 3. The Balaban J connectivity index is 1.31. The Morgan fingerprint density at radius 3 is 1.80 bits per heavy atom. The van der Waals surface area contributed by atoms with Crippen LogP contribution in [0, 0.1) is 0 Å². The van der Waals surface area contributed by atoms with Crippen LogP contribution in [-0.4, -0.2) is 54.2 Å². The molecule has 0 unspecified atom stereocenters. The highest BCUT2D eigenvalue weighted by atomic mass is 16.3. The van der Waals surface area contributed by atoms with Crippen LogP contribution in [0.4, 0.5) is 0 Å². The highest BCUT2D eigenvalue weighted by Gasteiger charge is 2.21. The fourth-order valence-corrected chi connectivity index (χ4v) is 7.36. The molecule has 0 atom stereocenters. The highest BCUT2D eigenvalue weighted by molar-refractivity contribution is 6.68. The summed E-state index contributed by atoms with van der Waals surface area (Å²) in [4.78, 5) is 15.3. The number of hydrogen-bond donors (Lipinski definition) is 0. The van der Waals surface area contributed by atoms with Gasteiger partial charge in [-0.05, 0) is 41.5 Å². The van der Waals surface area contributed by atoms with Gasteiger partial charge in [-0.15, -0.1) is 16.4 Å². The molecule has 9 aromatic rings. The van der Waals surface area contributed by atoms with Gasteiger partial charge in [-0.2, -0.15) is 0 Å². The maximum Gasteiger partial charge on any atom is 0.167 e. The topological polar surface area (TPSA) is 65.0 Å². The van der Waals surface area contributed by atoms with Crippen LogP contribution in [0.3, 0.4) is 0 Å². The molecule has 6 aromatic carbocycles. The summed E-state index contributed by atoms with van der Waals surface area (Å²) in [5.41, 5.74) is 14.9. The maximum absolute atomic E-state index is 6.47. The van der Waals surface area contributed by atoms with Gasteiger partial charge >= 0.3 is 0 Å². The second kappa shape index (κ2) is 11.2. The second-order valence-electron chi connectivity index (χ2n) is 12.9. The van der Waals surface area contributed by atoms with Crippen molar-refractivity contribution in [2.75, 3.05) is 0 Å². The summed E-state index contributed by atoms with van der Waals surface area (Å²) in [6.07, 6.45) is 0. The van der Waals surface area contributed by atoms with Crippen LogP contribution in [0.25, 0.3) is 89.2 Å². The van der Waals surface area contributed by atoms with Crippen LogP contribution in [0.15, 0.2) is 118 Å². The summed E-state index contributed by atoms with van der Waals surface area (Å²) in [5, 5.41) is 4.10. The molecule has 0 aliphatic rings.